The lowest BCUT2D eigenvalue weighted by atomic mass is 9.91. The van der Waals surface area contributed by atoms with Crippen LogP contribution in [0.3, 0.4) is 0 Å². The van der Waals surface area contributed by atoms with E-state index in [9.17, 15) is 0 Å². The monoisotopic (exact) mass is 194 g/mol. The van der Waals surface area contributed by atoms with Gasteiger partial charge in [0.15, 0.2) is 5.82 Å². The zero-order chi connectivity index (χ0) is 10.5. The molecule has 0 saturated carbocycles. The first kappa shape index (κ1) is 9.37. The molecule has 4 nitrogen and oxygen atoms in total. The Kier molecular flexibility index (Phi) is 1.77. The van der Waals surface area contributed by atoms with Crippen LogP contribution in [0.5, 0.6) is 0 Å². The van der Waals surface area contributed by atoms with Crippen LogP contribution in [0.4, 0.5) is 11.5 Å². The molecular formula is C10H18N4. The number of anilines is 2. The van der Waals surface area contributed by atoms with Gasteiger partial charge in [-0.2, -0.15) is 5.10 Å². The highest BCUT2D eigenvalue weighted by molar-refractivity contribution is 5.68. The predicted octanol–water partition coefficient (Wildman–Crippen LogP) is 1.21. The van der Waals surface area contributed by atoms with Gasteiger partial charge < -0.3 is 10.6 Å². The molecule has 1 aliphatic heterocycles. The highest BCUT2D eigenvalue weighted by Gasteiger charge is 2.29. The molecule has 2 rings (SSSR count). The first-order valence-corrected chi connectivity index (χ1v) is 4.99. The molecule has 4 heteroatoms. The van der Waals surface area contributed by atoms with Gasteiger partial charge in [0.25, 0.3) is 0 Å². The van der Waals surface area contributed by atoms with E-state index < -0.39 is 0 Å². The summed E-state index contributed by atoms with van der Waals surface area (Å²) in [4.78, 5) is 2.16. The molecular weight excluding hydrogens is 176 g/mol. The Labute approximate surface area is 84.7 Å². The summed E-state index contributed by atoms with van der Waals surface area (Å²) in [6.07, 6.45) is 0. The minimum atomic E-state index is 0.0300. The summed E-state index contributed by atoms with van der Waals surface area (Å²) in [6.45, 7) is 8.38. The Morgan fingerprint density at radius 3 is 2.43 bits per heavy atom. The van der Waals surface area contributed by atoms with Crippen LogP contribution < -0.4 is 10.6 Å². The van der Waals surface area contributed by atoms with Crippen LogP contribution in [-0.4, -0.2) is 23.4 Å². The SMILES string of the molecule is CN1CCn2nc(C(C)(C)C)c(N)c21. The summed E-state index contributed by atoms with van der Waals surface area (Å²) < 4.78 is 2.01. The maximum atomic E-state index is 6.11. The Balaban J connectivity index is 2.53. The van der Waals surface area contributed by atoms with Crippen molar-refractivity contribution >= 4 is 11.5 Å². The molecule has 0 spiro atoms. The van der Waals surface area contributed by atoms with Crippen LogP contribution in [0.2, 0.25) is 0 Å². The number of likely N-dealkylation sites (N-methyl/N-ethyl adjacent to an activating group) is 1. The molecule has 0 amide bonds. The van der Waals surface area contributed by atoms with E-state index in [1.54, 1.807) is 0 Å². The number of fused-ring (bicyclic) bond motifs is 1. The highest BCUT2D eigenvalue weighted by atomic mass is 15.4. The molecule has 0 fully saturated rings. The van der Waals surface area contributed by atoms with Crippen LogP contribution >= 0.6 is 0 Å². The van der Waals surface area contributed by atoms with Crippen molar-refractivity contribution in [2.75, 3.05) is 24.2 Å². The topological polar surface area (TPSA) is 47.1 Å². The summed E-state index contributed by atoms with van der Waals surface area (Å²) in [5.74, 6) is 1.08. The van der Waals surface area contributed by atoms with Crippen LogP contribution in [-0.2, 0) is 12.0 Å². The first-order chi connectivity index (χ1) is 6.41. The Hall–Kier alpha value is -1.19. The third kappa shape index (κ3) is 1.17. The summed E-state index contributed by atoms with van der Waals surface area (Å²) >= 11 is 0. The first-order valence-electron chi connectivity index (χ1n) is 4.99. The lowest BCUT2D eigenvalue weighted by Gasteiger charge is -2.17. The second-order valence-corrected chi connectivity index (χ2v) is 4.98. The van der Waals surface area contributed by atoms with E-state index >= 15 is 0 Å². The summed E-state index contributed by atoms with van der Waals surface area (Å²) in [7, 11) is 2.06. The van der Waals surface area contributed by atoms with Crippen LogP contribution in [0, 0.1) is 0 Å². The molecule has 0 aromatic carbocycles. The number of hydrogen-bond acceptors (Lipinski definition) is 3. The third-order valence-corrected chi connectivity index (χ3v) is 2.68. The quantitative estimate of drug-likeness (QED) is 0.675. The van der Waals surface area contributed by atoms with Gasteiger partial charge in [-0.1, -0.05) is 20.8 Å². The van der Waals surface area contributed by atoms with Gasteiger partial charge in [0.2, 0.25) is 0 Å². The second kappa shape index (κ2) is 2.65. The number of nitrogens with zero attached hydrogens (tertiary/aromatic N) is 3. The normalized spacial score (nSPS) is 16.1. The maximum absolute atomic E-state index is 6.11. The zero-order valence-corrected chi connectivity index (χ0v) is 9.33. The average molecular weight is 194 g/mol. The second-order valence-electron chi connectivity index (χ2n) is 4.98. The molecule has 1 aromatic heterocycles. The van der Waals surface area contributed by atoms with Gasteiger partial charge in [0.05, 0.1) is 17.9 Å². The van der Waals surface area contributed by atoms with Crippen molar-refractivity contribution in [3.05, 3.63) is 5.69 Å². The number of aromatic nitrogens is 2. The van der Waals surface area contributed by atoms with E-state index in [0.717, 1.165) is 30.3 Å². The van der Waals surface area contributed by atoms with E-state index in [1.807, 2.05) is 4.68 Å². The van der Waals surface area contributed by atoms with E-state index in [1.165, 1.54) is 0 Å². The summed E-state index contributed by atoms with van der Waals surface area (Å²) in [6, 6.07) is 0. The maximum Gasteiger partial charge on any atom is 0.150 e. The molecule has 0 radical (unpaired) electrons. The summed E-state index contributed by atoms with van der Waals surface area (Å²) in [5, 5.41) is 4.56. The van der Waals surface area contributed by atoms with Gasteiger partial charge in [-0.3, -0.25) is 0 Å². The van der Waals surface area contributed by atoms with E-state index in [4.69, 9.17) is 5.73 Å². The Bertz CT molecular complexity index is 359. The predicted molar refractivity (Wildman–Crippen MR) is 58.6 cm³/mol. The molecule has 2 heterocycles. The number of nitrogens with two attached hydrogens (primary N) is 1. The molecule has 1 aliphatic rings. The van der Waals surface area contributed by atoms with Crippen molar-refractivity contribution in [2.24, 2.45) is 0 Å². The molecule has 1 aromatic rings. The van der Waals surface area contributed by atoms with Gasteiger partial charge in [0, 0.05) is 19.0 Å². The minimum absolute atomic E-state index is 0.0300. The largest absolute Gasteiger partial charge is 0.394 e. The fourth-order valence-electron chi connectivity index (χ4n) is 1.93. The molecule has 0 atom stereocenters. The Morgan fingerprint density at radius 2 is 1.93 bits per heavy atom. The standard InChI is InChI=1S/C10H18N4/c1-10(2,3)8-7(11)9-13(4)5-6-14(9)12-8/h5-6,11H2,1-4H3. The van der Waals surface area contributed by atoms with Crippen molar-refractivity contribution < 1.29 is 0 Å². The molecule has 2 N–H and O–H groups in total. The fourth-order valence-corrected chi connectivity index (χ4v) is 1.93. The van der Waals surface area contributed by atoms with Crippen LogP contribution in [0.25, 0.3) is 0 Å². The fraction of sp³-hybridized carbons (Fsp3) is 0.700. The molecule has 0 bridgehead atoms. The third-order valence-electron chi connectivity index (χ3n) is 2.68. The average Bonchev–Trinajstić information content (AvgIpc) is 2.53. The molecule has 14 heavy (non-hydrogen) atoms. The van der Waals surface area contributed by atoms with E-state index in [0.29, 0.717) is 0 Å². The molecule has 0 unspecified atom stereocenters. The van der Waals surface area contributed by atoms with Gasteiger partial charge in [-0.15, -0.1) is 0 Å². The minimum Gasteiger partial charge on any atom is -0.394 e. The highest BCUT2D eigenvalue weighted by Crippen LogP contribution is 2.35. The van der Waals surface area contributed by atoms with Gasteiger partial charge in [-0.05, 0) is 0 Å². The van der Waals surface area contributed by atoms with Gasteiger partial charge in [-0.25, -0.2) is 4.68 Å². The zero-order valence-electron chi connectivity index (χ0n) is 9.33. The van der Waals surface area contributed by atoms with Gasteiger partial charge >= 0.3 is 0 Å². The molecule has 0 aliphatic carbocycles. The summed E-state index contributed by atoms with van der Waals surface area (Å²) in [5.41, 5.74) is 7.99. The van der Waals surface area contributed by atoms with Crippen molar-refractivity contribution in [2.45, 2.75) is 32.7 Å². The van der Waals surface area contributed by atoms with Crippen molar-refractivity contribution in [3.63, 3.8) is 0 Å². The lowest BCUT2D eigenvalue weighted by molar-refractivity contribution is 0.546. The Morgan fingerprint density at radius 1 is 1.29 bits per heavy atom. The smallest absolute Gasteiger partial charge is 0.150 e. The number of nitrogen functional groups attached to an aromatic ring is 1. The van der Waals surface area contributed by atoms with Crippen molar-refractivity contribution in [3.8, 4) is 0 Å². The molecule has 78 valence electrons. The lowest BCUT2D eigenvalue weighted by Crippen LogP contribution is -2.18. The van der Waals surface area contributed by atoms with Crippen LogP contribution in [0.1, 0.15) is 26.5 Å². The van der Waals surface area contributed by atoms with Crippen molar-refractivity contribution in [1.82, 2.24) is 9.78 Å². The van der Waals surface area contributed by atoms with Crippen molar-refractivity contribution in [1.29, 1.82) is 0 Å². The van der Waals surface area contributed by atoms with Gasteiger partial charge in [0.1, 0.15) is 0 Å². The van der Waals surface area contributed by atoms with Crippen LogP contribution in [0.15, 0.2) is 0 Å². The number of rotatable bonds is 0. The van der Waals surface area contributed by atoms with E-state index in [2.05, 4.69) is 37.8 Å². The molecule has 0 saturated heterocycles. The number of hydrogen-bond donors (Lipinski definition) is 1. The van der Waals surface area contributed by atoms with E-state index in [-0.39, 0.29) is 5.41 Å².